The summed E-state index contributed by atoms with van der Waals surface area (Å²) in [5.74, 6) is -0.0932. The number of esters is 1. The van der Waals surface area contributed by atoms with Gasteiger partial charge in [-0.15, -0.1) is 0 Å². The predicted molar refractivity (Wildman–Crippen MR) is 109 cm³/mol. The normalized spacial score (nSPS) is 18.8. The molecule has 0 amide bonds. The van der Waals surface area contributed by atoms with Crippen molar-refractivity contribution in [1.29, 1.82) is 0 Å². The molecule has 1 aromatic heterocycles. The number of nitrogens with one attached hydrogen (secondary N) is 1. The van der Waals surface area contributed by atoms with Crippen LogP contribution in [0.1, 0.15) is 16.1 Å². The maximum absolute atomic E-state index is 12.6. The average Bonchev–Trinajstić information content (AvgIpc) is 3.06. The minimum atomic E-state index is -0.362. The maximum Gasteiger partial charge on any atom is 0.359 e. The van der Waals surface area contributed by atoms with Crippen molar-refractivity contribution < 1.29 is 9.53 Å². The zero-order chi connectivity index (χ0) is 19.3. The largest absolute Gasteiger partial charge is 0.461 e. The number of benzene rings is 2. The van der Waals surface area contributed by atoms with Crippen molar-refractivity contribution >= 4 is 16.9 Å². The smallest absolute Gasteiger partial charge is 0.359 e. The molecule has 2 heterocycles. The minimum absolute atomic E-state index is 0.269. The molecule has 1 fully saturated rings. The van der Waals surface area contributed by atoms with Crippen molar-refractivity contribution in [2.24, 2.45) is 5.92 Å². The van der Waals surface area contributed by atoms with E-state index in [0.717, 1.165) is 43.6 Å². The second kappa shape index (κ2) is 8.54. The standard InChI is InChI=1S/C22H26N4O2/c1-25-11-12-26(14-17-7-3-2-4-8-17)15-18(13-25)16-28-22(27)21-19-9-5-6-10-20(19)23-24-21/h2-10,18H,11-16H2,1H3,(H,23,24). The molecule has 3 aromatic rings. The Bertz CT molecular complexity index is 924. The van der Waals surface area contributed by atoms with Crippen LogP contribution in [-0.2, 0) is 11.3 Å². The Balaban J connectivity index is 1.39. The molecule has 1 N–H and O–H groups in total. The van der Waals surface area contributed by atoms with E-state index in [9.17, 15) is 4.79 Å². The van der Waals surface area contributed by atoms with E-state index in [1.807, 2.05) is 30.3 Å². The Morgan fingerprint density at radius 3 is 2.75 bits per heavy atom. The lowest BCUT2D eigenvalue weighted by Gasteiger charge is -2.23. The monoisotopic (exact) mass is 378 g/mol. The number of hydrogen-bond donors (Lipinski definition) is 1. The van der Waals surface area contributed by atoms with Gasteiger partial charge in [-0.1, -0.05) is 48.5 Å². The first-order valence-corrected chi connectivity index (χ1v) is 9.74. The van der Waals surface area contributed by atoms with Crippen LogP contribution in [-0.4, -0.2) is 65.8 Å². The molecule has 1 aliphatic heterocycles. The van der Waals surface area contributed by atoms with Gasteiger partial charge in [0.25, 0.3) is 0 Å². The number of fused-ring (bicyclic) bond motifs is 1. The number of aromatic nitrogens is 2. The van der Waals surface area contributed by atoms with E-state index in [-0.39, 0.29) is 11.9 Å². The minimum Gasteiger partial charge on any atom is -0.461 e. The second-order valence-corrected chi connectivity index (χ2v) is 7.57. The first-order valence-electron chi connectivity index (χ1n) is 9.74. The average molecular weight is 378 g/mol. The SMILES string of the molecule is CN1CCN(Cc2ccccc2)CC(COC(=O)c2n[nH]c3ccccc23)C1. The lowest BCUT2D eigenvalue weighted by Crippen LogP contribution is -2.32. The molecule has 1 saturated heterocycles. The molecule has 1 unspecified atom stereocenters. The first kappa shape index (κ1) is 18.7. The number of nitrogens with zero attached hydrogens (tertiary/aromatic N) is 3. The maximum atomic E-state index is 12.6. The molecule has 0 bridgehead atoms. The van der Waals surface area contributed by atoms with Crippen molar-refractivity contribution in [2.75, 3.05) is 39.8 Å². The van der Waals surface area contributed by atoms with Gasteiger partial charge >= 0.3 is 5.97 Å². The number of carbonyl (C=O) groups is 1. The van der Waals surface area contributed by atoms with Crippen molar-refractivity contribution in [3.05, 3.63) is 65.9 Å². The molecule has 0 spiro atoms. The van der Waals surface area contributed by atoms with Gasteiger partial charge < -0.3 is 9.64 Å². The van der Waals surface area contributed by atoms with Crippen LogP contribution in [0.2, 0.25) is 0 Å². The number of likely N-dealkylation sites (N-methyl/N-ethyl adjacent to an activating group) is 1. The molecule has 0 radical (unpaired) electrons. The fourth-order valence-corrected chi connectivity index (χ4v) is 3.83. The van der Waals surface area contributed by atoms with Gasteiger partial charge in [0, 0.05) is 44.0 Å². The summed E-state index contributed by atoms with van der Waals surface area (Å²) >= 11 is 0. The predicted octanol–water partition coefficient (Wildman–Crippen LogP) is 2.78. The summed E-state index contributed by atoms with van der Waals surface area (Å²) in [6.45, 7) is 5.17. The molecule has 0 saturated carbocycles. The molecule has 146 valence electrons. The van der Waals surface area contributed by atoms with Gasteiger partial charge in [-0.2, -0.15) is 5.10 Å². The summed E-state index contributed by atoms with van der Waals surface area (Å²) in [7, 11) is 2.13. The van der Waals surface area contributed by atoms with E-state index in [4.69, 9.17) is 4.74 Å². The van der Waals surface area contributed by atoms with Crippen molar-refractivity contribution in [3.8, 4) is 0 Å². The lowest BCUT2D eigenvalue weighted by molar-refractivity contribution is 0.0398. The summed E-state index contributed by atoms with van der Waals surface area (Å²) < 4.78 is 5.66. The van der Waals surface area contributed by atoms with Gasteiger partial charge in [0.2, 0.25) is 0 Å². The van der Waals surface area contributed by atoms with Crippen LogP contribution in [0, 0.1) is 5.92 Å². The van der Waals surface area contributed by atoms with Gasteiger partial charge in [0.1, 0.15) is 0 Å². The van der Waals surface area contributed by atoms with Crippen LogP contribution in [0.4, 0.5) is 0 Å². The lowest BCUT2D eigenvalue weighted by atomic mass is 10.1. The zero-order valence-electron chi connectivity index (χ0n) is 16.2. The third kappa shape index (κ3) is 4.40. The Hall–Kier alpha value is -2.70. The van der Waals surface area contributed by atoms with Gasteiger partial charge in [0.05, 0.1) is 12.1 Å². The Kier molecular flexibility index (Phi) is 5.69. The third-order valence-electron chi connectivity index (χ3n) is 5.25. The number of para-hydroxylation sites is 1. The molecule has 0 aliphatic carbocycles. The molecule has 1 atom stereocenters. The third-order valence-corrected chi connectivity index (χ3v) is 5.25. The van der Waals surface area contributed by atoms with Crippen molar-refractivity contribution in [1.82, 2.24) is 20.0 Å². The van der Waals surface area contributed by atoms with Gasteiger partial charge in [0.15, 0.2) is 5.69 Å². The topological polar surface area (TPSA) is 61.5 Å². The molecule has 6 heteroatoms. The van der Waals surface area contributed by atoms with Crippen LogP contribution in [0.15, 0.2) is 54.6 Å². The van der Waals surface area contributed by atoms with Gasteiger partial charge in [-0.05, 0) is 18.7 Å². The van der Waals surface area contributed by atoms with Gasteiger partial charge in [-0.3, -0.25) is 10.00 Å². The van der Waals surface area contributed by atoms with E-state index < -0.39 is 0 Å². The fraction of sp³-hybridized carbons (Fsp3) is 0.364. The molecule has 28 heavy (non-hydrogen) atoms. The molecule has 2 aromatic carbocycles. The van der Waals surface area contributed by atoms with Crippen LogP contribution in [0.25, 0.3) is 10.9 Å². The summed E-state index contributed by atoms with van der Waals surface area (Å²) in [5.41, 5.74) is 2.52. The van der Waals surface area contributed by atoms with Crippen molar-refractivity contribution in [3.63, 3.8) is 0 Å². The quantitative estimate of drug-likeness (QED) is 0.692. The molecular weight excluding hydrogens is 352 g/mol. The number of rotatable bonds is 5. The molecular formula is C22H26N4O2. The highest BCUT2D eigenvalue weighted by Gasteiger charge is 2.23. The number of aromatic amines is 1. The van der Waals surface area contributed by atoms with E-state index in [1.54, 1.807) is 0 Å². The van der Waals surface area contributed by atoms with Crippen LogP contribution < -0.4 is 0 Å². The highest BCUT2D eigenvalue weighted by Crippen LogP contribution is 2.17. The highest BCUT2D eigenvalue weighted by molar-refractivity contribution is 6.01. The van der Waals surface area contributed by atoms with E-state index in [1.165, 1.54) is 5.56 Å². The highest BCUT2D eigenvalue weighted by atomic mass is 16.5. The molecule has 1 aliphatic rings. The molecule has 4 rings (SSSR count). The van der Waals surface area contributed by atoms with Gasteiger partial charge in [-0.25, -0.2) is 4.79 Å². The number of carbonyl (C=O) groups excluding carboxylic acids is 1. The van der Waals surface area contributed by atoms with Crippen LogP contribution >= 0.6 is 0 Å². The van der Waals surface area contributed by atoms with E-state index >= 15 is 0 Å². The summed E-state index contributed by atoms with van der Waals surface area (Å²) in [4.78, 5) is 17.3. The van der Waals surface area contributed by atoms with Crippen LogP contribution in [0.5, 0.6) is 0 Å². The van der Waals surface area contributed by atoms with E-state index in [2.05, 4.69) is 51.3 Å². The summed E-state index contributed by atoms with van der Waals surface area (Å²) in [5, 5.41) is 7.84. The van der Waals surface area contributed by atoms with Crippen molar-refractivity contribution in [2.45, 2.75) is 6.54 Å². The zero-order valence-corrected chi connectivity index (χ0v) is 16.2. The number of ether oxygens (including phenoxy) is 1. The Morgan fingerprint density at radius 1 is 1.11 bits per heavy atom. The summed E-state index contributed by atoms with van der Waals surface area (Å²) in [6, 6.07) is 18.1. The second-order valence-electron chi connectivity index (χ2n) is 7.57. The first-order chi connectivity index (χ1) is 13.7. The Labute approximate surface area is 165 Å². The fourth-order valence-electron chi connectivity index (χ4n) is 3.83. The number of H-pyrrole nitrogens is 1. The molecule has 6 nitrogen and oxygen atoms in total. The Morgan fingerprint density at radius 2 is 1.89 bits per heavy atom. The van der Waals surface area contributed by atoms with E-state index in [0.29, 0.717) is 12.3 Å². The number of hydrogen-bond acceptors (Lipinski definition) is 5. The van der Waals surface area contributed by atoms with Crippen LogP contribution in [0.3, 0.4) is 0 Å². The summed E-state index contributed by atoms with van der Waals surface area (Å²) in [6.07, 6.45) is 0.